The molecule has 2 N–H and O–H groups in total. The number of benzene rings is 3. The van der Waals surface area contributed by atoms with Gasteiger partial charge in [0.2, 0.25) is 0 Å². The minimum absolute atomic E-state index is 0.0196. The van der Waals surface area contributed by atoms with E-state index in [-0.39, 0.29) is 16.1 Å². The van der Waals surface area contributed by atoms with Crippen LogP contribution in [-0.4, -0.2) is 19.2 Å². The predicted molar refractivity (Wildman–Crippen MR) is 114 cm³/mol. The second-order valence-corrected chi connectivity index (χ2v) is 8.36. The first kappa shape index (κ1) is 21.0. The van der Waals surface area contributed by atoms with Gasteiger partial charge in [-0.25, -0.2) is 8.42 Å². The molecule has 0 aliphatic carbocycles. The lowest BCUT2D eigenvalue weighted by molar-refractivity contribution is -0.385. The number of carbonyl (C=O) groups excluding carboxylic acids is 1. The fraction of sp³-hybridized carbons (Fsp3) is 0.0952. The minimum atomic E-state index is -3.82. The molecule has 0 heterocycles. The third-order valence-electron chi connectivity index (χ3n) is 4.39. The van der Waals surface area contributed by atoms with Crippen molar-refractivity contribution in [2.75, 3.05) is 10.0 Å². The highest BCUT2D eigenvalue weighted by Crippen LogP contribution is 2.23. The molecule has 30 heavy (non-hydrogen) atoms. The molecule has 0 aliphatic heterocycles. The highest BCUT2D eigenvalue weighted by atomic mass is 32.2. The molecule has 0 saturated carbocycles. The maximum atomic E-state index is 12.6. The van der Waals surface area contributed by atoms with Gasteiger partial charge in [-0.15, -0.1) is 0 Å². The fourth-order valence-electron chi connectivity index (χ4n) is 2.87. The summed E-state index contributed by atoms with van der Waals surface area (Å²) in [5.41, 5.74) is 2.21. The summed E-state index contributed by atoms with van der Waals surface area (Å²) in [6.45, 7) is 3.73. The van der Waals surface area contributed by atoms with Crippen LogP contribution in [0.3, 0.4) is 0 Å². The lowest BCUT2D eigenvalue weighted by Gasteiger charge is -2.12. The van der Waals surface area contributed by atoms with Gasteiger partial charge in [-0.1, -0.05) is 29.8 Å². The van der Waals surface area contributed by atoms with Crippen LogP contribution in [0.4, 0.5) is 17.1 Å². The molecule has 0 aromatic heterocycles. The van der Waals surface area contributed by atoms with Crippen LogP contribution in [-0.2, 0) is 10.0 Å². The number of nitrogens with one attached hydrogen (secondary N) is 2. The van der Waals surface area contributed by atoms with Gasteiger partial charge in [0, 0.05) is 11.8 Å². The molecule has 0 bridgehead atoms. The summed E-state index contributed by atoms with van der Waals surface area (Å²) in [7, 11) is -3.82. The van der Waals surface area contributed by atoms with Crippen molar-refractivity contribution in [1.82, 2.24) is 0 Å². The molecule has 0 spiro atoms. The van der Waals surface area contributed by atoms with Crippen molar-refractivity contribution in [3.05, 3.63) is 93.5 Å². The van der Waals surface area contributed by atoms with Crippen molar-refractivity contribution in [3.8, 4) is 0 Å². The van der Waals surface area contributed by atoms with E-state index in [1.165, 1.54) is 48.5 Å². The summed E-state index contributed by atoms with van der Waals surface area (Å²) in [6.07, 6.45) is 0. The zero-order valence-electron chi connectivity index (χ0n) is 16.2. The third kappa shape index (κ3) is 4.64. The van der Waals surface area contributed by atoms with E-state index in [1.807, 2.05) is 26.0 Å². The van der Waals surface area contributed by atoms with Crippen molar-refractivity contribution in [2.45, 2.75) is 18.7 Å². The Kier molecular flexibility index (Phi) is 5.84. The summed E-state index contributed by atoms with van der Waals surface area (Å²) in [5, 5.41) is 13.6. The highest BCUT2D eigenvalue weighted by Gasteiger charge is 2.20. The van der Waals surface area contributed by atoms with Crippen LogP contribution in [0.1, 0.15) is 21.5 Å². The molecule has 0 atom stereocenters. The first-order valence-corrected chi connectivity index (χ1v) is 10.4. The molecular formula is C21H19N3O5S. The van der Waals surface area contributed by atoms with Crippen LogP contribution in [0.25, 0.3) is 0 Å². The lowest BCUT2D eigenvalue weighted by Crippen LogP contribution is -2.15. The Balaban J connectivity index is 1.78. The Bertz CT molecular complexity index is 1220. The summed E-state index contributed by atoms with van der Waals surface area (Å²) in [4.78, 5) is 22.8. The van der Waals surface area contributed by atoms with E-state index in [0.717, 1.165) is 11.1 Å². The standard InChI is InChI=1S/C21H19N3O5S/c1-14-7-12-19(15(2)13-14)23-30(28,29)17-10-8-16(9-11-17)22-21(25)18-5-3-4-6-20(18)24(26)27/h3-13,23H,1-2H3,(H,22,25). The maximum absolute atomic E-state index is 12.6. The molecule has 154 valence electrons. The number of hydrogen-bond donors (Lipinski definition) is 2. The number of nitro groups is 1. The second kappa shape index (κ2) is 8.34. The molecule has 9 heteroatoms. The molecule has 1 amide bonds. The van der Waals surface area contributed by atoms with Crippen molar-refractivity contribution >= 4 is 33.0 Å². The van der Waals surface area contributed by atoms with Crippen molar-refractivity contribution in [3.63, 3.8) is 0 Å². The van der Waals surface area contributed by atoms with Crippen LogP contribution in [0.15, 0.2) is 71.6 Å². The normalized spacial score (nSPS) is 11.0. The number of carbonyl (C=O) groups is 1. The number of nitro benzene ring substituents is 1. The fourth-order valence-corrected chi connectivity index (χ4v) is 4.00. The van der Waals surface area contributed by atoms with E-state index in [2.05, 4.69) is 10.0 Å². The number of anilines is 2. The van der Waals surface area contributed by atoms with Crippen LogP contribution < -0.4 is 10.0 Å². The first-order chi connectivity index (χ1) is 14.2. The Morgan fingerprint density at radius 1 is 0.967 bits per heavy atom. The van der Waals surface area contributed by atoms with Gasteiger partial charge in [-0.05, 0) is 55.8 Å². The minimum Gasteiger partial charge on any atom is -0.322 e. The monoisotopic (exact) mass is 425 g/mol. The summed E-state index contributed by atoms with van der Waals surface area (Å²) >= 11 is 0. The van der Waals surface area contributed by atoms with E-state index < -0.39 is 20.9 Å². The predicted octanol–water partition coefficient (Wildman–Crippen LogP) is 4.26. The zero-order valence-corrected chi connectivity index (χ0v) is 17.1. The van der Waals surface area contributed by atoms with Crippen molar-refractivity contribution < 1.29 is 18.1 Å². The summed E-state index contributed by atoms with van der Waals surface area (Å²) in [5.74, 6) is -0.661. The second-order valence-electron chi connectivity index (χ2n) is 6.68. The van der Waals surface area contributed by atoms with Gasteiger partial charge in [-0.2, -0.15) is 0 Å². The van der Waals surface area contributed by atoms with Crippen molar-refractivity contribution in [2.24, 2.45) is 0 Å². The Hall–Kier alpha value is -3.72. The Morgan fingerprint density at radius 2 is 1.63 bits per heavy atom. The van der Waals surface area contributed by atoms with E-state index >= 15 is 0 Å². The molecule has 3 aromatic carbocycles. The Morgan fingerprint density at radius 3 is 2.27 bits per heavy atom. The van der Waals surface area contributed by atoms with Gasteiger partial charge in [0.15, 0.2) is 0 Å². The third-order valence-corrected chi connectivity index (χ3v) is 5.78. The first-order valence-electron chi connectivity index (χ1n) is 8.92. The van der Waals surface area contributed by atoms with Crippen LogP contribution >= 0.6 is 0 Å². The van der Waals surface area contributed by atoms with Gasteiger partial charge >= 0.3 is 0 Å². The van der Waals surface area contributed by atoms with Crippen molar-refractivity contribution in [1.29, 1.82) is 0 Å². The maximum Gasteiger partial charge on any atom is 0.282 e. The number of hydrogen-bond acceptors (Lipinski definition) is 5. The molecular weight excluding hydrogens is 406 g/mol. The van der Waals surface area contributed by atoms with Gasteiger partial charge in [-0.3, -0.25) is 19.6 Å². The van der Waals surface area contributed by atoms with Gasteiger partial charge < -0.3 is 5.32 Å². The van der Waals surface area contributed by atoms with Gasteiger partial charge in [0.25, 0.3) is 21.6 Å². The quantitative estimate of drug-likeness (QED) is 0.452. The average Bonchev–Trinajstić information content (AvgIpc) is 2.70. The van der Waals surface area contributed by atoms with E-state index in [9.17, 15) is 23.3 Å². The van der Waals surface area contributed by atoms with Gasteiger partial charge in [0.05, 0.1) is 15.5 Å². The van der Waals surface area contributed by atoms with Crippen LogP contribution in [0.2, 0.25) is 0 Å². The largest absolute Gasteiger partial charge is 0.322 e. The molecule has 0 radical (unpaired) electrons. The Labute approximate surface area is 173 Å². The van der Waals surface area contributed by atoms with E-state index in [4.69, 9.17) is 0 Å². The smallest absolute Gasteiger partial charge is 0.282 e. The average molecular weight is 425 g/mol. The van der Waals surface area contributed by atoms with Gasteiger partial charge in [0.1, 0.15) is 5.56 Å². The number of para-hydroxylation sites is 1. The summed E-state index contributed by atoms with van der Waals surface area (Å²) < 4.78 is 27.8. The number of rotatable bonds is 6. The number of nitrogens with zero attached hydrogens (tertiary/aromatic N) is 1. The molecule has 0 unspecified atom stereocenters. The van der Waals surface area contributed by atoms with Crippen LogP contribution in [0, 0.1) is 24.0 Å². The molecule has 3 aromatic rings. The number of amides is 1. The van der Waals surface area contributed by atoms with E-state index in [1.54, 1.807) is 6.07 Å². The lowest BCUT2D eigenvalue weighted by atomic mass is 10.1. The number of aryl methyl sites for hydroxylation is 2. The SMILES string of the molecule is Cc1ccc(NS(=O)(=O)c2ccc(NC(=O)c3ccccc3[N+](=O)[O-])cc2)c(C)c1. The van der Waals surface area contributed by atoms with Crippen LogP contribution in [0.5, 0.6) is 0 Å². The molecule has 0 fully saturated rings. The summed E-state index contributed by atoms with van der Waals surface area (Å²) in [6, 6.07) is 16.5. The molecule has 0 saturated heterocycles. The zero-order chi connectivity index (χ0) is 21.9. The van der Waals surface area contributed by atoms with E-state index in [0.29, 0.717) is 11.4 Å². The molecule has 8 nitrogen and oxygen atoms in total. The highest BCUT2D eigenvalue weighted by molar-refractivity contribution is 7.92. The number of sulfonamides is 1. The molecule has 3 rings (SSSR count). The molecule has 0 aliphatic rings. The topological polar surface area (TPSA) is 118 Å².